The highest BCUT2D eigenvalue weighted by molar-refractivity contribution is 9.10. The van der Waals surface area contributed by atoms with Crippen LogP contribution >= 0.6 is 27.5 Å². The first-order valence-corrected chi connectivity index (χ1v) is 6.46. The Morgan fingerprint density at radius 3 is 2.89 bits per heavy atom. The Bertz CT molecular complexity index is 564. The van der Waals surface area contributed by atoms with E-state index in [-0.39, 0.29) is 5.82 Å². The summed E-state index contributed by atoms with van der Waals surface area (Å²) in [6.45, 7) is 0. The number of aliphatic hydroxyl groups is 1. The van der Waals surface area contributed by atoms with Crippen LogP contribution in [0, 0.1) is 5.82 Å². The van der Waals surface area contributed by atoms with Crippen LogP contribution in [0.2, 0.25) is 5.02 Å². The molecule has 0 radical (unpaired) electrons. The van der Waals surface area contributed by atoms with Gasteiger partial charge in [-0.3, -0.25) is 4.98 Å². The van der Waals surface area contributed by atoms with E-state index < -0.39 is 6.10 Å². The Morgan fingerprint density at radius 1 is 1.39 bits per heavy atom. The van der Waals surface area contributed by atoms with Gasteiger partial charge >= 0.3 is 0 Å². The third-order valence-electron chi connectivity index (χ3n) is 2.59. The van der Waals surface area contributed by atoms with Crippen molar-refractivity contribution in [1.29, 1.82) is 0 Å². The van der Waals surface area contributed by atoms with E-state index in [0.29, 0.717) is 21.5 Å². The maximum Gasteiger partial charge on any atom is 0.123 e. The van der Waals surface area contributed by atoms with Crippen LogP contribution < -0.4 is 0 Å². The number of nitrogens with zero attached hydrogens (tertiary/aromatic N) is 1. The van der Waals surface area contributed by atoms with Gasteiger partial charge in [-0.2, -0.15) is 0 Å². The van der Waals surface area contributed by atoms with Crippen LogP contribution in [0.1, 0.15) is 17.2 Å². The van der Waals surface area contributed by atoms with Gasteiger partial charge in [-0.15, -0.1) is 0 Å². The van der Waals surface area contributed by atoms with Crippen LogP contribution in [0.15, 0.2) is 41.1 Å². The molecule has 0 saturated heterocycles. The van der Waals surface area contributed by atoms with Crippen molar-refractivity contribution < 1.29 is 9.50 Å². The highest BCUT2D eigenvalue weighted by Crippen LogP contribution is 2.28. The first-order chi connectivity index (χ1) is 8.58. The second kappa shape index (κ2) is 5.78. The van der Waals surface area contributed by atoms with E-state index in [4.69, 9.17) is 11.6 Å². The average Bonchev–Trinajstić information content (AvgIpc) is 2.35. The molecule has 0 fully saturated rings. The molecule has 1 unspecified atom stereocenters. The lowest BCUT2D eigenvalue weighted by Gasteiger charge is -2.13. The minimum atomic E-state index is -0.824. The second-order valence-corrected chi connectivity index (χ2v) is 5.11. The number of hydrogen-bond acceptors (Lipinski definition) is 2. The van der Waals surface area contributed by atoms with Crippen LogP contribution in [0.25, 0.3) is 0 Å². The molecule has 1 aromatic heterocycles. The molecule has 2 nitrogen and oxygen atoms in total. The molecule has 0 amide bonds. The molecule has 0 aliphatic carbocycles. The van der Waals surface area contributed by atoms with Gasteiger partial charge in [0, 0.05) is 23.3 Å². The van der Waals surface area contributed by atoms with Crippen molar-refractivity contribution >= 4 is 27.5 Å². The number of aliphatic hydroxyl groups excluding tert-OH is 1. The first kappa shape index (κ1) is 13.5. The van der Waals surface area contributed by atoms with Gasteiger partial charge in [0.15, 0.2) is 0 Å². The highest BCUT2D eigenvalue weighted by atomic mass is 79.9. The van der Waals surface area contributed by atoms with Gasteiger partial charge in [-0.1, -0.05) is 27.5 Å². The maximum absolute atomic E-state index is 13.2. The summed E-state index contributed by atoms with van der Waals surface area (Å²) in [7, 11) is 0. The monoisotopic (exact) mass is 329 g/mol. The minimum absolute atomic E-state index is 0.309. The van der Waals surface area contributed by atoms with Crippen molar-refractivity contribution in [3.8, 4) is 0 Å². The molecule has 2 aromatic rings. The summed E-state index contributed by atoms with van der Waals surface area (Å²) in [4.78, 5) is 3.87. The van der Waals surface area contributed by atoms with E-state index in [1.807, 2.05) is 0 Å². The molecule has 1 heterocycles. The lowest BCUT2D eigenvalue weighted by molar-refractivity contribution is 0.177. The maximum atomic E-state index is 13.2. The lowest BCUT2D eigenvalue weighted by atomic mass is 10.0. The Balaban J connectivity index is 2.25. The summed E-state index contributed by atoms with van der Waals surface area (Å²) in [5.41, 5.74) is 1.28. The molecule has 1 N–H and O–H groups in total. The molecule has 2 rings (SSSR count). The number of halogens is 3. The summed E-state index contributed by atoms with van der Waals surface area (Å²) in [6, 6.07) is 5.95. The molecule has 18 heavy (non-hydrogen) atoms. The van der Waals surface area contributed by atoms with Gasteiger partial charge in [-0.25, -0.2) is 4.39 Å². The van der Waals surface area contributed by atoms with E-state index in [2.05, 4.69) is 20.9 Å². The molecular formula is C13H10BrClFNO. The zero-order valence-corrected chi connectivity index (χ0v) is 11.6. The molecule has 0 aliphatic heterocycles. The quantitative estimate of drug-likeness (QED) is 0.925. The molecular weight excluding hydrogens is 321 g/mol. The third kappa shape index (κ3) is 3.07. The van der Waals surface area contributed by atoms with Gasteiger partial charge in [0.1, 0.15) is 5.82 Å². The zero-order chi connectivity index (χ0) is 13.1. The molecule has 0 aliphatic rings. The predicted octanol–water partition coefficient (Wildman–Crippen LogP) is 3.91. The van der Waals surface area contributed by atoms with Crippen LogP contribution in [0.3, 0.4) is 0 Å². The molecule has 0 bridgehead atoms. The van der Waals surface area contributed by atoms with Crippen LogP contribution in [0.4, 0.5) is 4.39 Å². The summed E-state index contributed by atoms with van der Waals surface area (Å²) < 4.78 is 13.8. The number of aromatic nitrogens is 1. The Morgan fingerprint density at radius 2 is 2.17 bits per heavy atom. The van der Waals surface area contributed by atoms with Crippen LogP contribution in [-0.2, 0) is 6.42 Å². The van der Waals surface area contributed by atoms with E-state index >= 15 is 0 Å². The molecule has 1 aromatic carbocycles. The van der Waals surface area contributed by atoms with Crippen LogP contribution in [-0.4, -0.2) is 10.1 Å². The topological polar surface area (TPSA) is 33.1 Å². The summed E-state index contributed by atoms with van der Waals surface area (Å²) >= 11 is 9.26. The fraction of sp³-hybridized carbons (Fsp3) is 0.154. The minimum Gasteiger partial charge on any atom is -0.388 e. The van der Waals surface area contributed by atoms with Crippen molar-refractivity contribution in [2.45, 2.75) is 12.5 Å². The Kier molecular flexibility index (Phi) is 4.32. The standard InChI is InChI=1S/C13H10BrClFNO/c14-11-2-1-9(16)6-10(11)13(18)5-8-3-4-17-7-12(8)15/h1-4,6-7,13,18H,5H2. The fourth-order valence-corrected chi connectivity index (χ4v) is 2.37. The summed E-state index contributed by atoms with van der Waals surface area (Å²) in [6.07, 6.45) is 2.61. The second-order valence-electron chi connectivity index (χ2n) is 3.85. The molecule has 5 heteroatoms. The van der Waals surface area contributed by atoms with Crippen LogP contribution in [0.5, 0.6) is 0 Å². The van der Waals surface area contributed by atoms with Crippen molar-refractivity contribution in [2.24, 2.45) is 0 Å². The molecule has 0 spiro atoms. The SMILES string of the molecule is OC(Cc1ccncc1Cl)c1cc(F)ccc1Br. The number of pyridine rings is 1. The van der Waals surface area contributed by atoms with Gasteiger partial charge in [0.2, 0.25) is 0 Å². The predicted molar refractivity (Wildman–Crippen MR) is 72.0 cm³/mol. The molecule has 0 saturated carbocycles. The van der Waals surface area contributed by atoms with E-state index in [1.165, 1.54) is 18.3 Å². The number of benzene rings is 1. The van der Waals surface area contributed by atoms with Gasteiger partial charge in [0.25, 0.3) is 0 Å². The largest absolute Gasteiger partial charge is 0.388 e. The fourth-order valence-electron chi connectivity index (χ4n) is 1.66. The number of hydrogen-bond donors (Lipinski definition) is 1. The molecule has 1 atom stereocenters. The van der Waals surface area contributed by atoms with E-state index in [0.717, 1.165) is 5.56 Å². The third-order valence-corrected chi connectivity index (χ3v) is 3.65. The zero-order valence-electron chi connectivity index (χ0n) is 9.28. The van der Waals surface area contributed by atoms with Gasteiger partial charge in [-0.05, 0) is 35.4 Å². The summed E-state index contributed by atoms with van der Waals surface area (Å²) in [5, 5.41) is 10.6. The van der Waals surface area contributed by atoms with E-state index in [9.17, 15) is 9.50 Å². The van der Waals surface area contributed by atoms with Gasteiger partial charge < -0.3 is 5.11 Å². The van der Waals surface area contributed by atoms with Crippen molar-refractivity contribution in [3.63, 3.8) is 0 Å². The average molecular weight is 331 g/mol. The Hall–Kier alpha value is -0.970. The smallest absolute Gasteiger partial charge is 0.123 e. The van der Waals surface area contributed by atoms with Crippen molar-refractivity contribution in [2.75, 3.05) is 0 Å². The Labute approximate surface area is 118 Å². The van der Waals surface area contributed by atoms with E-state index in [1.54, 1.807) is 18.3 Å². The van der Waals surface area contributed by atoms with Crippen molar-refractivity contribution in [1.82, 2.24) is 4.98 Å². The highest BCUT2D eigenvalue weighted by Gasteiger charge is 2.14. The molecule has 94 valence electrons. The van der Waals surface area contributed by atoms with Gasteiger partial charge in [0.05, 0.1) is 11.1 Å². The first-order valence-electron chi connectivity index (χ1n) is 5.29. The summed E-state index contributed by atoms with van der Waals surface area (Å²) in [5.74, 6) is -0.381. The number of rotatable bonds is 3. The normalized spacial score (nSPS) is 12.4. The lowest BCUT2D eigenvalue weighted by Crippen LogP contribution is -2.04. The van der Waals surface area contributed by atoms with Crippen molar-refractivity contribution in [3.05, 3.63) is 63.1 Å².